The second-order valence-electron chi connectivity index (χ2n) is 6.02. The lowest BCUT2D eigenvalue weighted by molar-refractivity contribution is 0.350. The SMILES string of the molecule is CN(C)c1ccc(NC2CCCC2(C)C)cc1. The zero-order valence-corrected chi connectivity index (χ0v) is 11.5. The van der Waals surface area contributed by atoms with E-state index in [4.69, 9.17) is 0 Å². The van der Waals surface area contributed by atoms with Gasteiger partial charge < -0.3 is 10.2 Å². The van der Waals surface area contributed by atoms with Crippen molar-refractivity contribution in [2.24, 2.45) is 5.41 Å². The van der Waals surface area contributed by atoms with Crippen LogP contribution in [0.15, 0.2) is 24.3 Å². The standard InChI is InChI=1S/C15H24N2/c1-15(2)11-5-6-14(15)16-12-7-9-13(10-8-12)17(3)4/h7-10,14,16H,5-6,11H2,1-4H3. The van der Waals surface area contributed by atoms with E-state index in [2.05, 4.69) is 62.4 Å². The fourth-order valence-electron chi connectivity index (χ4n) is 2.65. The first-order valence-electron chi connectivity index (χ1n) is 6.53. The third-order valence-electron chi connectivity index (χ3n) is 3.98. The van der Waals surface area contributed by atoms with Gasteiger partial charge in [-0.15, -0.1) is 0 Å². The lowest BCUT2D eigenvalue weighted by Gasteiger charge is -2.29. The van der Waals surface area contributed by atoms with Gasteiger partial charge in [-0.3, -0.25) is 0 Å². The van der Waals surface area contributed by atoms with Crippen LogP contribution in [-0.2, 0) is 0 Å². The molecule has 94 valence electrons. The molecule has 1 aliphatic rings. The Labute approximate surface area is 105 Å². The van der Waals surface area contributed by atoms with Crippen LogP contribution in [0, 0.1) is 5.41 Å². The van der Waals surface area contributed by atoms with Gasteiger partial charge in [0.15, 0.2) is 0 Å². The molecule has 0 heterocycles. The van der Waals surface area contributed by atoms with E-state index in [9.17, 15) is 0 Å². The average Bonchev–Trinajstić information content (AvgIpc) is 2.59. The van der Waals surface area contributed by atoms with Gasteiger partial charge >= 0.3 is 0 Å². The molecule has 17 heavy (non-hydrogen) atoms. The van der Waals surface area contributed by atoms with E-state index in [1.54, 1.807) is 0 Å². The number of hydrogen-bond donors (Lipinski definition) is 1. The first-order valence-corrected chi connectivity index (χ1v) is 6.53. The molecule has 0 aromatic heterocycles. The molecule has 1 aromatic carbocycles. The van der Waals surface area contributed by atoms with Crippen molar-refractivity contribution in [2.75, 3.05) is 24.3 Å². The van der Waals surface area contributed by atoms with E-state index in [1.165, 1.54) is 30.6 Å². The summed E-state index contributed by atoms with van der Waals surface area (Å²) in [5.74, 6) is 0. The highest BCUT2D eigenvalue weighted by Gasteiger charge is 2.34. The molecule has 1 unspecified atom stereocenters. The molecular formula is C15H24N2. The van der Waals surface area contributed by atoms with Gasteiger partial charge in [-0.2, -0.15) is 0 Å². The highest BCUT2D eigenvalue weighted by molar-refractivity contribution is 5.54. The van der Waals surface area contributed by atoms with Gasteiger partial charge in [0, 0.05) is 31.5 Å². The van der Waals surface area contributed by atoms with Crippen LogP contribution in [0.4, 0.5) is 11.4 Å². The third-order valence-corrected chi connectivity index (χ3v) is 3.98. The molecule has 0 spiro atoms. The van der Waals surface area contributed by atoms with E-state index >= 15 is 0 Å². The summed E-state index contributed by atoms with van der Waals surface area (Å²) in [4.78, 5) is 2.13. The minimum Gasteiger partial charge on any atom is -0.382 e. The van der Waals surface area contributed by atoms with Crippen LogP contribution in [0.5, 0.6) is 0 Å². The topological polar surface area (TPSA) is 15.3 Å². The summed E-state index contributed by atoms with van der Waals surface area (Å²) in [6.07, 6.45) is 3.98. The smallest absolute Gasteiger partial charge is 0.0362 e. The molecule has 0 bridgehead atoms. The second-order valence-corrected chi connectivity index (χ2v) is 6.02. The van der Waals surface area contributed by atoms with Crippen LogP contribution in [0.2, 0.25) is 0 Å². The summed E-state index contributed by atoms with van der Waals surface area (Å²) >= 11 is 0. The lowest BCUT2D eigenvalue weighted by atomic mass is 9.87. The molecule has 1 aromatic rings. The predicted molar refractivity (Wildman–Crippen MR) is 75.8 cm³/mol. The first kappa shape index (κ1) is 12.3. The van der Waals surface area contributed by atoms with Crippen molar-refractivity contribution < 1.29 is 0 Å². The number of benzene rings is 1. The van der Waals surface area contributed by atoms with Crippen LogP contribution in [0.25, 0.3) is 0 Å². The molecule has 1 aliphatic carbocycles. The summed E-state index contributed by atoms with van der Waals surface area (Å²) in [6.45, 7) is 4.73. The van der Waals surface area contributed by atoms with Crippen molar-refractivity contribution >= 4 is 11.4 Å². The van der Waals surface area contributed by atoms with E-state index in [1.807, 2.05) is 0 Å². The molecule has 0 saturated heterocycles. The summed E-state index contributed by atoms with van der Waals surface area (Å²) in [7, 11) is 4.14. The molecule has 2 rings (SSSR count). The van der Waals surface area contributed by atoms with Crippen LogP contribution in [-0.4, -0.2) is 20.1 Å². The molecule has 0 aliphatic heterocycles. The van der Waals surface area contributed by atoms with Gasteiger partial charge in [0.2, 0.25) is 0 Å². The zero-order valence-electron chi connectivity index (χ0n) is 11.5. The maximum Gasteiger partial charge on any atom is 0.0362 e. The monoisotopic (exact) mass is 232 g/mol. The average molecular weight is 232 g/mol. The largest absolute Gasteiger partial charge is 0.382 e. The molecule has 1 N–H and O–H groups in total. The molecule has 1 fully saturated rings. The Hall–Kier alpha value is -1.18. The Bertz CT molecular complexity index is 365. The summed E-state index contributed by atoms with van der Waals surface area (Å²) in [5.41, 5.74) is 2.93. The molecule has 1 atom stereocenters. The van der Waals surface area contributed by atoms with Crippen LogP contribution >= 0.6 is 0 Å². The minimum absolute atomic E-state index is 0.431. The first-order chi connectivity index (χ1) is 7.99. The molecule has 2 nitrogen and oxygen atoms in total. The lowest BCUT2D eigenvalue weighted by Crippen LogP contribution is -2.30. The van der Waals surface area contributed by atoms with Crippen molar-refractivity contribution in [2.45, 2.75) is 39.2 Å². The molecule has 1 saturated carbocycles. The Morgan fingerprint density at radius 2 is 1.82 bits per heavy atom. The van der Waals surface area contributed by atoms with Gasteiger partial charge in [-0.1, -0.05) is 20.3 Å². The van der Waals surface area contributed by atoms with E-state index in [0.717, 1.165) is 0 Å². The third kappa shape index (κ3) is 2.74. The zero-order chi connectivity index (χ0) is 12.5. The maximum absolute atomic E-state index is 3.68. The fourth-order valence-corrected chi connectivity index (χ4v) is 2.65. The van der Waals surface area contributed by atoms with Gasteiger partial charge in [-0.25, -0.2) is 0 Å². The van der Waals surface area contributed by atoms with E-state index in [-0.39, 0.29) is 0 Å². The van der Waals surface area contributed by atoms with Gasteiger partial charge in [0.1, 0.15) is 0 Å². The van der Waals surface area contributed by atoms with E-state index < -0.39 is 0 Å². The molecular weight excluding hydrogens is 208 g/mol. The highest BCUT2D eigenvalue weighted by atomic mass is 15.1. The van der Waals surface area contributed by atoms with Crippen molar-refractivity contribution in [3.63, 3.8) is 0 Å². The number of nitrogens with zero attached hydrogens (tertiary/aromatic N) is 1. The Balaban J connectivity index is 2.04. The summed E-state index contributed by atoms with van der Waals surface area (Å²) in [6, 6.07) is 9.33. The molecule has 0 radical (unpaired) electrons. The second kappa shape index (κ2) is 4.59. The van der Waals surface area contributed by atoms with Crippen molar-refractivity contribution in [3.05, 3.63) is 24.3 Å². The Morgan fingerprint density at radius 1 is 1.18 bits per heavy atom. The summed E-state index contributed by atoms with van der Waals surface area (Å²) in [5, 5.41) is 3.68. The minimum atomic E-state index is 0.431. The summed E-state index contributed by atoms with van der Waals surface area (Å²) < 4.78 is 0. The predicted octanol–water partition coefficient (Wildman–Crippen LogP) is 3.74. The normalized spacial score (nSPS) is 22.5. The van der Waals surface area contributed by atoms with Crippen molar-refractivity contribution in [3.8, 4) is 0 Å². The number of anilines is 2. The quantitative estimate of drug-likeness (QED) is 0.854. The Morgan fingerprint density at radius 3 is 2.29 bits per heavy atom. The van der Waals surface area contributed by atoms with E-state index in [0.29, 0.717) is 11.5 Å². The fraction of sp³-hybridized carbons (Fsp3) is 0.600. The van der Waals surface area contributed by atoms with Crippen LogP contribution in [0.3, 0.4) is 0 Å². The number of rotatable bonds is 3. The van der Waals surface area contributed by atoms with Crippen molar-refractivity contribution in [1.29, 1.82) is 0 Å². The van der Waals surface area contributed by atoms with Crippen molar-refractivity contribution in [1.82, 2.24) is 0 Å². The van der Waals surface area contributed by atoms with Gasteiger partial charge in [0.05, 0.1) is 0 Å². The molecule has 0 amide bonds. The number of hydrogen-bond acceptors (Lipinski definition) is 2. The van der Waals surface area contributed by atoms with Gasteiger partial charge in [-0.05, 0) is 42.5 Å². The number of nitrogens with one attached hydrogen (secondary N) is 1. The maximum atomic E-state index is 3.68. The highest BCUT2D eigenvalue weighted by Crippen LogP contribution is 2.39. The van der Waals surface area contributed by atoms with Crippen LogP contribution < -0.4 is 10.2 Å². The van der Waals surface area contributed by atoms with Crippen LogP contribution in [0.1, 0.15) is 33.1 Å². The van der Waals surface area contributed by atoms with Gasteiger partial charge in [0.25, 0.3) is 0 Å². The molecule has 2 heteroatoms. The Kier molecular flexibility index (Phi) is 3.32.